The number of sulfonamides is 1. The summed E-state index contributed by atoms with van der Waals surface area (Å²) in [6, 6.07) is 17.0. The molecule has 0 aromatic heterocycles. The largest absolute Gasteiger partial charge is 0.352 e. The van der Waals surface area contributed by atoms with Crippen molar-refractivity contribution in [2.24, 2.45) is 0 Å². The average molecular weight is 607 g/mol. The van der Waals surface area contributed by atoms with E-state index in [1.807, 2.05) is 0 Å². The third-order valence-corrected chi connectivity index (χ3v) is 9.27. The molecule has 1 aliphatic carbocycles. The highest BCUT2D eigenvalue weighted by molar-refractivity contribution is 7.92. The molecule has 3 aromatic rings. The van der Waals surface area contributed by atoms with Crippen LogP contribution in [0.1, 0.15) is 38.2 Å². The molecule has 40 heavy (non-hydrogen) atoms. The zero-order valence-corrected chi connectivity index (χ0v) is 24.2. The maximum atomic E-state index is 14.0. The third kappa shape index (κ3) is 7.13. The predicted octanol–water partition coefficient (Wildman–Crippen LogP) is 5.80. The van der Waals surface area contributed by atoms with Crippen molar-refractivity contribution in [3.05, 3.63) is 94.2 Å². The molecule has 11 heteroatoms. The van der Waals surface area contributed by atoms with Gasteiger partial charge in [-0.1, -0.05) is 66.4 Å². The molecule has 1 atom stereocenters. The van der Waals surface area contributed by atoms with Crippen LogP contribution in [0.5, 0.6) is 0 Å². The molecule has 0 bridgehead atoms. The van der Waals surface area contributed by atoms with Gasteiger partial charge in [-0.05, 0) is 67.8 Å². The van der Waals surface area contributed by atoms with Crippen LogP contribution in [0, 0.1) is 5.82 Å². The first-order valence-electron chi connectivity index (χ1n) is 12.9. The van der Waals surface area contributed by atoms with Crippen LogP contribution in [0.3, 0.4) is 0 Å². The molecule has 0 radical (unpaired) electrons. The van der Waals surface area contributed by atoms with E-state index in [9.17, 15) is 22.4 Å². The fourth-order valence-corrected chi connectivity index (χ4v) is 6.38. The number of hydrogen-bond donors (Lipinski definition) is 1. The van der Waals surface area contributed by atoms with Gasteiger partial charge in [0, 0.05) is 17.6 Å². The van der Waals surface area contributed by atoms with Gasteiger partial charge in [0.1, 0.15) is 18.4 Å². The van der Waals surface area contributed by atoms with Gasteiger partial charge < -0.3 is 10.2 Å². The highest BCUT2D eigenvalue weighted by Gasteiger charge is 2.33. The number of carbonyl (C=O) groups excluding carboxylic acids is 2. The van der Waals surface area contributed by atoms with Crippen LogP contribution in [0.2, 0.25) is 10.0 Å². The molecule has 1 saturated carbocycles. The number of nitrogens with zero attached hydrogens (tertiary/aromatic N) is 2. The molecule has 3 aromatic carbocycles. The summed E-state index contributed by atoms with van der Waals surface area (Å²) in [5.41, 5.74) is 0.721. The molecule has 0 aliphatic heterocycles. The Morgan fingerprint density at radius 1 is 1.00 bits per heavy atom. The zero-order chi connectivity index (χ0) is 28.9. The summed E-state index contributed by atoms with van der Waals surface area (Å²) in [6.45, 7) is 1.01. The quantitative estimate of drug-likeness (QED) is 0.316. The third-order valence-electron chi connectivity index (χ3n) is 6.94. The van der Waals surface area contributed by atoms with E-state index in [-0.39, 0.29) is 34.1 Å². The second kappa shape index (κ2) is 13.0. The highest BCUT2D eigenvalue weighted by Crippen LogP contribution is 2.28. The van der Waals surface area contributed by atoms with Gasteiger partial charge in [-0.2, -0.15) is 0 Å². The number of amides is 2. The number of nitrogens with one attached hydrogen (secondary N) is 1. The molecule has 2 amide bonds. The van der Waals surface area contributed by atoms with Gasteiger partial charge in [-0.25, -0.2) is 12.8 Å². The fraction of sp³-hybridized carbons (Fsp3) is 0.310. The molecule has 1 unspecified atom stereocenters. The SMILES string of the molecule is CC(C(=O)NC1CCCC1)N(Cc1ccc(Cl)cc1)C(=O)CN(c1ccc(F)c(Cl)c1)S(=O)(=O)c1ccccc1. The van der Waals surface area contributed by atoms with E-state index in [0.29, 0.717) is 10.6 Å². The Kier molecular flexibility index (Phi) is 9.71. The lowest BCUT2D eigenvalue weighted by molar-refractivity contribution is -0.139. The lowest BCUT2D eigenvalue weighted by Crippen LogP contribution is -2.52. The highest BCUT2D eigenvalue weighted by atomic mass is 35.5. The standard InChI is InChI=1S/C29H30Cl2FN3O4S/c1-20(29(37)33-23-7-5-6-8-23)34(18-21-11-13-22(30)14-12-21)28(36)19-35(24-15-16-27(32)26(31)17-24)40(38,39)25-9-3-2-4-10-25/h2-4,9-17,20,23H,5-8,18-19H2,1H3,(H,33,37). The molecule has 0 saturated heterocycles. The van der Waals surface area contributed by atoms with Crippen molar-refractivity contribution in [3.63, 3.8) is 0 Å². The summed E-state index contributed by atoms with van der Waals surface area (Å²) >= 11 is 12.0. The molecule has 1 fully saturated rings. The normalized spacial score (nSPS) is 14.5. The second-order valence-corrected chi connectivity index (χ2v) is 12.4. The molecule has 1 N–H and O–H groups in total. The number of halogens is 3. The Morgan fingerprint density at radius 2 is 1.65 bits per heavy atom. The van der Waals surface area contributed by atoms with E-state index in [1.54, 1.807) is 49.4 Å². The van der Waals surface area contributed by atoms with E-state index in [2.05, 4.69) is 5.32 Å². The van der Waals surface area contributed by atoms with Crippen molar-refractivity contribution >= 4 is 50.7 Å². The number of anilines is 1. The van der Waals surface area contributed by atoms with Crippen LogP contribution < -0.4 is 9.62 Å². The van der Waals surface area contributed by atoms with Crippen molar-refractivity contribution in [1.29, 1.82) is 0 Å². The van der Waals surface area contributed by atoms with Crippen LogP contribution >= 0.6 is 23.2 Å². The van der Waals surface area contributed by atoms with Crippen LogP contribution in [0.4, 0.5) is 10.1 Å². The summed E-state index contributed by atoms with van der Waals surface area (Å²) in [7, 11) is -4.27. The van der Waals surface area contributed by atoms with Gasteiger partial charge in [0.05, 0.1) is 15.6 Å². The van der Waals surface area contributed by atoms with E-state index >= 15 is 0 Å². The summed E-state index contributed by atoms with van der Waals surface area (Å²) in [5.74, 6) is -1.67. The molecule has 212 valence electrons. The van der Waals surface area contributed by atoms with Crippen LogP contribution in [0.15, 0.2) is 77.7 Å². The number of carbonyl (C=O) groups is 2. The molecule has 4 rings (SSSR count). The molecule has 1 aliphatic rings. The molecule has 7 nitrogen and oxygen atoms in total. The predicted molar refractivity (Wildman–Crippen MR) is 154 cm³/mol. The maximum absolute atomic E-state index is 14.0. The minimum Gasteiger partial charge on any atom is -0.352 e. The lowest BCUT2D eigenvalue weighted by Gasteiger charge is -2.32. The summed E-state index contributed by atoms with van der Waals surface area (Å²) in [4.78, 5) is 28.4. The van der Waals surface area contributed by atoms with Crippen molar-refractivity contribution in [2.45, 2.75) is 56.1 Å². The first-order chi connectivity index (χ1) is 19.1. The minimum absolute atomic E-state index is 0.0121. The van der Waals surface area contributed by atoms with Crippen LogP contribution in [-0.2, 0) is 26.2 Å². The van der Waals surface area contributed by atoms with Crippen molar-refractivity contribution in [3.8, 4) is 0 Å². The molecular weight excluding hydrogens is 576 g/mol. The summed E-state index contributed by atoms with van der Waals surface area (Å²) < 4.78 is 42.3. The Balaban J connectivity index is 1.69. The van der Waals surface area contributed by atoms with E-state index < -0.39 is 34.3 Å². The van der Waals surface area contributed by atoms with E-state index in [4.69, 9.17) is 23.2 Å². The molecular formula is C29H30Cl2FN3O4S. The van der Waals surface area contributed by atoms with E-state index in [1.165, 1.54) is 23.1 Å². The van der Waals surface area contributed by atoms with Gasteiger partial charge in [-0.3, -0.25) is 13.9 Å². The summed E-state index contributed by atoms with van der Waals surface area (Å²) in [5, 5.41) is 3.24. The van der Waals surface area contributed by atoms with Crippen molar-refractivity contribution in [1.82, 2.24) is 10.2 Å². The number of hydrogen-bond acceptors (Lipinski definition) is 4. The zero-order valence-electron chi connectivity index (χ0n) is 21.9. The molecule has 0 heterocycles. The van der Waals surface area contributed by atoms with Gasteiger partial charge in [0.2, 0.25) is 11.8 Å². The van der Waals surface area contributed by atoms with Crippen LogP contribution in [-0.4, -0.2) is 43.8 Å². The Labute approximate surface area is 243 Å². The first-order valence-corrected chi connectivity index (χ1v) is 15.1. The van der Waals surface area contributed by atoms with Gasteiger partial charge in [0.25, 0.3) is 10.0 Å². The topological polar surface area (TPSA) is 86.8 Å². The van der Waals surface area contributed by atoms with Gasteiger partial charge >= 0.3 is 0 Å². The average Bonchev–Trinajstić information content (AvgIpc) is 3.46. The summed E-state index contributed by atoms with van der Waals surface area (Å²) in [6.07, 6.45) is 3.80. The van der Waals surface area contributed by atoms with Crippen LogP contribution in [0.25, 0.3) is 0 Å². The van der Waals surface area contributed by atoms with Crippen molar-refractivity contribution < 1.29 is 22.4 Å². The van der Waals surface area contributed by atoms with Crippen molar-refractivity contribution in [2.75, 3.05) is 10.8 Å². The Hall–Kier alpha value is -3.14. The van der Waals surface area contributed by atoms with Gasteiger partial charge in [-0.15, -0.1) is 0 Å². The number of benzene rings is 3. The molecule has 0 spiro atoms. The Bertz CT molecular complexity index is 1450. The number of rotatable bonds is 10. The second-order valence-electron chi connectivity index (χ2n) is 9.74. The van der Waals surface area contributed by atoms with E-state index in [0.717, 1.165) is 42.1 Å². The smallest absolute Gasteiger partial charge is 0.264 e. The monoisotopic (exact) mass is 605 g/mol. The first kappa shape index (κ1) is 29.8. The fourth-order valence-electron chi connectivity index (χ4n) is 4.65. The minimum atomic E-state index is -4.27. The maximum Gasteiger partial charge on any atom is 0.264 e. The lowest BCUT2D eigenvalue weighted by atomic mass is 10.1. The van der Waals surface area contributed by atoms with Gasteiger partial charge in [0.15, 0.2) is 0 Å². The Morgan fingerprint density at radius 3 is 2.27 bits per heavy atom.